The summed E-state index contributed by atoms with van der Waals surface area (Å²) >= 11 is 23.9. The minimum Gasteiger partial charge on any atom is -0.298 e. The van der Waals surface area contributed by atoms with Gasteiger partial charge in [-0.3, -0.25) is 4.79 Å². The highest BCUT2D eigenvalue weighted by Gasteiger charge is 2.11. The second kappa shape index (κ2) is 5.50. The van der Waals surface area contributed by atoms with Gasteiger partial charge in [-0.2, -0.15) is 0 Å². The number of benzene rings is 2. The van der Waals surface area contributed by atoms with Crippen molar-refractivity contribution in [2.75, 3.05) is 0 Å². The molecule has 0 bridgehead atoms. The fourth-order valence-electron chi connectivity index (χ4n) is 1.61. The number of aldehydes is 1. The van der Waals surface area contributed by atoms with Crippen molar-refractivity contribution >= 4 is 52.7 Å². The van der Waals surface area contributed by atoms with Crippen LogP contribution in [-0.2, 0) is 0 Å². The normalized spacial score (nSPS) is 10.4. The van der Waals surface area contributed by atoms with Gasteiger partial charge in [0, 0.05) is 16.1 Å². The molecule has 0 spiro atoms. The minimum absolute atomic E-state index is 0.384. The topological polar surface area (TPSA) is 17.1 Å². The molecule has 0 N–H and O–H groups in total. The molecule has 5 heteroatoms. The smallest absolute Gasteiger partial charge is 0.151 e. The summed E-state index contributed by atoms with van der Waals surface area (Å²) < 4.78 is 0. The Bertz CT molecular complexity index is 599. The molecule has 0 fully saturated rings. The molecular formula is C13H6Cl4O. The summed E-state index contributed by atoms with van der Waals surface area (Å²) in [5.41, 5.74) is 1.73. The number of carbonyl (C=O) groups excluding carboxylic acids is 1. The van der Waals surface area contributed by atoms with Crippen LogP contribution in [0.25, 0.3) is 11.1 Å². The van der Waals surface area contributed by atoms with Crippen molar-refractivity contribution in [2.24, 2.45) is 0 Å². The zero-order chi connectivity index (χ0) is 13.3. The van der Waals surface area contributed by atoms with E-state index < -0.39 is 0 Å². The molecule has 0 aliphatic rings. The Labute approximate surface area is 124 Å². The number of rotatable bonds is 2. The van der Waals surface area contributed by atoms with Gasteiger partial charge in [-0.05, 0) is 29.8 Å². The van der Waals surface area contributed by atoms with Crippen LogP contribution in [0, 0.1) is 0 Å². The molecule has 92 valence electrons. The first kappa shape index (κ1) is 13.7. The van der Waals surface area contributed by atoms with Gasteiger partial charge in [0.25, 0.3) is 0 Å². The average molecular weight is 320 g/mol. The first-order chi connectivity index (χ1) is 8.52. The summed E-state index contributed by atoms with van der Waals surface area (Å²) in [5, 5.41) is 1.69. The lowest BCUT2D eigenvalue weighted by Crippen LogP contribution is -1.87. The molecule has 0 aliphatic carbocycles. The molecule has 2 aromatic rings. The van der Waals surface area contributed by atoms with Crippen LogP contribution in [0.3, 0.4) is 0 Å². The van der Waals surface area contributed by atoms with Gasteiger partial charge in [-0.1, -0.05) is 52.5 Å². The van der Waals surface area contributed by atoms with Crippen molar-refractivity contribution in [3.05, 3.63) is 56.0 Å². The third kappa shape index (κ3) is 2.65. The van der Waals surface area contributed by atoms with Gasteiger partial charge in [-0.15, -0.1) is 0 Å². The van der Waals surface area contributed by atoms with Gasteiger partial charge in [0.15, 0.2) is 6.29 Å². The molecule has 0 amide bonds. The van der Waals surface area contributed by atoms with Crippen LogP contribution in [0.15, 0.2) is 30.3 Å². The van der Waals surface area contributed by atoms with Gasteiger partial charge in [0.1, 0.15) is 0 Å². The molecule has 0 radical (unpaired) electrons. The third-order valence-electron chi connectivity index (χ3n) is 2.42. The zero-order valence-corrected chi connectivity index (χ0v) is 11.9. The standard InChI is InChI=1S/C13H6Cl4O/c14-9-4-11(16)13(12(17)5-9)7-1-2-10(15)8(3-7)6-18/h1-6H. The fourth-order valence-corrected chi connectivity index (χ4v) is 2.80. The van der Waals surface area contributed by atoms with E-state index >= 15 is 0 Å². The third-order valence-corrected chi connectivity index (χ3v) is 3.58. The van der Waals surface area contributed by atoms with E-state index in [1.807, 2.05) is 0 Å². The second-order valence-corrected chi connectivity index (χ2v) is 5.26. The maximum Gasteiger partial charge on any atom is 0.151 e. The van der Waals surface area contributed by atoms with E-state index in [1.54, 1.807) is 30.3 Å². The van der Waals surface area contributed by atoms with Crippen LogP contribution in [0.2, 0.25) is 20.1 Å². The molecule has 0 saturated heterocycles. The number of hydrogen-bond donors (Lipinski definition) is 0. The molecule has 1 nitrogen and oxygen atoms in total. The highest BCUT2D eigenvalue weighted by Crippen LogP contribution is 2.38. The Morgan fingerprint density at radius 2 is 1.44 bits per heavy atom. The second-order valence-electron chi connectivity index (χ2n) is 3.60. The summed E-state index contributed by atoms with van der Waals surface area (Å²) in [4.78, 5) is 10.9. The van der Waals surface area contributed by atoms with Crippen molar-refractivity contribution in [1.82, 2.24) is 0 Å². The van der Waals surface area contributed by atoms with E-state index in [0.717, 1.165) is 0 Å². The molecule has 2 aromatic carbocycles. The van der Waals surface area contributed by atoms with Crippen LogP contribution < -0.4 is 0 Å². The van der Waals surface area contributed by atoms with E-state index in [4.69, 9.17) is 46.4 Å². The molecule has 0 aromatic heterocycles. The first-order valence-corrected chi connectivity index (χ1v) is 6.43. The fraction of sp³-hybridized carbons (Fsp3) is 0. The number of halogens is 4. The average Bonchev–Trinajstić information content (AvgIpc) is 2.30. The summed E-state index contributed by atoms with van der Waals surface area (Å²) in [6.07, 6.45) is 0.684. The monoisotopic (exact) mass is 318 g/mol. The van der Waals surface area contributed by atoms with Gasteiger partial charge < -0.3 is 0 Å². The highest BCUT2D eigenvalue weighted by atomic mass is 35.5. The maximum atomic E-state index is 10.9. The van der Waals surface area contributed by atoms with E-state index in [-0.39, 0.29) is 0 Å². The molecule has 0 atom stereocenters. The van der Waals surface area contributed by atoms with Crippen LogP contribution in [0.4, 0.5) is 0 Å². The largest absolute Gasteiger partial charge is 0.298 e. The van der Waals surface area contributed by atoms with Crippen molar-refractivity contribution < 1.29 is 4.79 Å². The van der Waals surface area contributed by atoms with Crippen molar-refractivity contribution in [3.63, 3.8) is 0 Å². The Morgan fingerprint density at radius 3 is 2.00 bits per heavy atom. The van der Waals surface area contributed by atoms with Crippen molar-refractivity contribution in [3.8, 4) is 11.1 Å². The molecule has 18 heavy (non-hydrogen) atoms. The molecule has 0 unspecified atom stereocenters. The van der Waals surface area contributed by atoms with Crippen LogP contribution in [0.1, 0.15) is 10.4 Å². The SMILES string of the molecule is O=Cc1cc(-c2c(Cl)cc(Cl)cc2Cl)ccc1Cl. The number of carbonyl (C=O) groups is 1. The predicted molar refractivity (Wildman–Crippen MR) is 77.3 cm³/mol. The maximum absolute atomic E-state index is 10.9. The van der Waals surface area contributed by atoms with Gasteiger partial charge in [0.2, 0.25) is 0 Å². The Kier molecular flexibility index (Phi) is 4.18. The lowest BCUT2D eigenvalue weighted by atomic mass is 10.0. The first-order valence-electron chi connectivity index (χ1n) is 4.92. The van der Waals surface area contributed by atoms with Crippen LogP contribution >= 0.6 is 46.4 Å². The van der Waals surface area contributed by atoms with Crippen molar-refractivity contribution in [1.29, 1.82) is 0 Å². The summed E-state index contributed by atoms with van der Waals surface area (Å²) in [7, 11) is 0. The molecule has 0 saturated carbocycles. The Hall–Kier alpha value is -0.730. The summed E-state index contributed by atoms with van der Waals surface area (Å²) in [6, 6.07) is 8.20. The Balaban J connectivity index is 2.66. The summed E-state index contributed by atoms with van der Waals surface area (Å²) in [6.45, 7) is 0. The minimum atomic E-state index is 0.384. The van der Waals surface area contributed by atoms with Crippen LogP contribution in [-0.4, -0.2) is 6.29 Å². The molecular weight excluding hydrogens is 314 g/mol. The van der Waals surface area contributed by atoms with E-state index in [2.05, 4.69) is 0 Å². The predicted octanol–water partition coefficient (Wildman–Crippen LogP) is 5.78. The van der Waals surface area contributed by atoms with E-state index in [9.17, 15) is 4.79 Å². The Morgan fingerprint density at radius 1 is 0.833 bits per heavy atom. The number of hydrogen-bond acceptors (Lipinski definition) is 1. The van der Waals surface area contributed by atoms with E-state index in [0.29, 0.717) is 43.1 Å². The molecule has 0 aliphatic heterocycles. The van der Waals surface area contributed by atoms with E-state index in [1.165, 1.54) is 0 Å². The van der Waals surface area contributed by atoms with Crippen LogP contribution in [0.5, 0.6) is 0 Å². The van der Waals surface area contributed by atoms with Gasteiger partial charge >= 0.3 is 0 Å². The molecule has 2 rings (SSSR count). The highest BCUT2D eigenvalue weighted by molar-refractivity contribution is 6.42. The van der Waals surface area contributed by atoms with Gasteiger partial charge in [0.05, 0.1) is 15.1 Å². The lowest BCUT2D eigenvalue weighted by molar-refractivity contribution is 0.112. The zero-order valence-electron chi connectivity index (χ0n) is 8.88. The molecule has 0 heterocycles. The lowest BCUT2D eigenvalue weighted by Gasteiger charge is -2.09. The van der Waals surface area contributed by atoms with Gasteiger partial charge in [-0.25, -0.2) is 0 Å². The summed E-state index contributed by atoms with van der Waals surface area (Å²) in [5.74, 6) is 0. The quantitative estimate of drug-likeness (QED) is 0.641. The van der Waals surface area contributed by atoms with Crippen molar-refractivity contribution in [2.45, 2.75) is 0 Å².